The number of aldehydes is 2. The zero-order valence-electron chi connectivity index (χ0n) is 16.7. The molecule has 3 heterocycles. The average molecular weight is 491 g/mol. The number of carbonyl (C=O) groups excluding carboxylic acids is 2. The summed E-state index contributed by atoms with van der Waals surface area (Å²) in [5.41, 5.74) is 1.93. The Morgan fingerprint density at radius 2 is 1.75 bits per heavy atom. The number of hydrogen-bond acceptors (Lipinski definition) is 9. The Hall–Kier alpha value is -2.76. The Kier molecular flexibility index (Phi) is 10.3. The van der Waals surface area contributed by atoms with Crippen LogP contribution in [0, 0.1) is 6.92 Å². The third kappa shape index (κ3) is 8.41. The molecule has 1 aliphatic carbocycles. The van der Waals surface area contributed by atoms with E-state index in [0.29, 0.717) is 28.9 Å². The molecule has 8 nitrogen and oxygen atoms in total. The zero-order valence-corrected chi connectivity index (χ0v) is 19.1. The normalized spacial score (nSPS) is 11.8. The van der Waals surface area contributed by atoms with E-state index >= 15 is 0 Å². The zero-order chi connectivity index (χ0) is 23.5. The van der Waals surface area contributed by atoms with Gasteiger partial charge in [-0.05, 0) is 60.3 Å². The fraction of sp³-hybridized carbons (Fsp3) is 0.100. The largest absolute Gasteiger partial charge is 0.484 e. The van der Waals surface area contributed by atoms with Gasteiger partial charge in [-0.3, -0.25) is 9.59 Å². The predicted octanol–water partition coefficient (Wildman–Crippen LogP) is 3.56. The lowest BCUT2D eigenvalue weighted by Crippen LogP contribution is -2.14. The molecule has 3 aromatic heterocycles. The Labute approximate surface area is 198 Å². The molecule has 0 saturated carbocycles. The Morgan fingerprint density at radius 3 is 2.22 bits per heavy atom. The molecule has 1 aliphatic rings. The molecular weight excluding hydrogens is 474 g/mol. The van der Waals surface area contributed by atoms with Crippen molar-refractivity contribution in [2.24, 2.45) is 0 Å². The summed E-state index contributed by atoms with van der Waals surface area (Å²) in [6.07, 6.45) is 8.28. The highest BCUT2D eigenvalue weighted by molar-refractivity contribution is 7.17. The minimum atomic E-state index is -1.42. The maximum absolute atomic E-state index is 10.5. The second-order valence-corrected chi connectivity index (χ2v) is 7.95. The summed E-state index contributed by atoms with van der Waals surface area (Å²) in [4.78, 5) is 37.8. The quantitative estimate of drug-likeness (QED) is 0.246. The van der Waals surface area contributed by atoms with Crippen LogP contribution in [-0.2, 0) is 4.79 Å². The highest BCUT2D eigenvalue weighted by atomic mass is 35.5. The van der Waals surface area contributed by atoms with Gasteiger partial charge in [0.2, 0.25) is 5.28 Å². The molecule has 0 amide bonds. The van der Waals surface area contributed by atoms with Crippen LogP contribution < -0.4 is 0 Å². The molecule has 0 bridgehead atoms. The van der Waals surface area contributed by atoms with Crippen molar-refractivity contribution in [2.45, 2.75) is 13.3 Å². The lowest BCUT2D eigenvalue weighted by molar-refractivity contribution is -0.104. The maximum atomic E-state index is 10.5. The van der Waals surface area contributed by atoms with Gasteiger partial charge in [-0.15, -0.1) is 11.3 Å². The lowest BCUT2D eigenvalue weighted by Gasteiger charge is -1.97. The minimum absolute atomic E-state index is 0.178. The number of rotatable bonds is 4. The highest BCUT2D eigenvalue weighted by Crippen LogP contribution is 2.25. The van der Waals surface area contributed by atoms with Crippen LogP contribution in [0.4, 0.5) is 0 Å². The van der Waals surface area contributed by atoms with Gasteiger partial charge in [0.25, 0.3) is 0 Å². The fourth-order valence-electron chi connectivity index (χ4n) is 2.29. The molecule has 12 heteroatoms. The van der Waals surface area contributed by atoms with Gasteiger partial charge in [-0.1, -0.05) is 23.8 Å². The first kappa shape index (κ1) is 25.5. The number of thiophene rings is 1. The third-order valence-electron chi connectivity index (χ3n) is 3.77. The molecule has 32 heavy (non-hydrogen) atoms. The Bertz CT molecular complexity index is 1120. The molecule has 4 rings (SSSR count). The smallest absolute Gasteiger partial charge is 0.423 e. The number of nitrogens with zero attached hydrogens (tertiary/aromatic N) is 4. The molecule has 164 valence electrons. The minimum Gasteiger partial charge on any atom is -0.423 e. The van der Waals surface area contributed by atoms with Crippen LogP contribution in [0.25, 0.3) is 10.6 Å². The van der Waals surface area contributed by atoms with E-state index in [1.165, 1.54) is 17.5 Å². The molecule has 0 atom stereocenters. The number of aryl methyl sites for hydroxylation is 1. The second kappa shape index (κ2) is 12.9. The van der Waals surface area contributed by atoms with Gasteiger partial charge < -0.3 is 10.0 Å². The second-order valence-electron chi connectivity index (χ2n) is 6.11. The molecular formula is C20H17BCl2N4O4S. The molecule has 0 radical (unpaired) electrons. The maximum Gasteiger partial charge on any atom is 0.484 e. The topological polar surface area (TPSA) is 126 Å². The number of carbonyl (C=O) groups is 2. The van der Waals surface area contributed by atoms with Gasteiger partial charge in [0.15, 0.2) is 6.29 Å². The molecule has 0 aromatic carbocycles. The van der Waals surface area contributed by atoms with E-state index < -0.39 is 7.12 Å². The molecule has 0 saturated heterocycles. The van der Waals surface area contributed by atoms with Crippen LogP contribution in [0.3, 0.4) is 0 Å². The van der Waals surface area contributed by atoms with Gasteiger partial charge in [0.05, 0.1) is 15.4 Å². The summed E-state index contributed by atoms with van der Waals surface area (Å²) in [5, 5.41) is 17.8. The fourth-order valence-corrected chi connectivity index (χ4v) is 3.41. The number of hydrogen-bond donors (Lipinski definition) is 2. The number of aromatic nitrogens is 4. The molecule has 0 unspecified atom stereocenters. The molecule has 0 fully saturated rings. The SMILES string of the molecule is Cc1nccc(-c2ccc(C=O)s2)n1.Clc1ccnc(Cl)n1.O=CC1=CC=C(B(O)O)C1. The first-order chi connectivity index (χ1) is 15.3. The van der Waals surface area contributed by atoms with E-state index in [-0.39, 0.29) is 5.28 Å². The van der Waals surface area contributed by atoms with Gasteiger partial charge >= 0.3 is 7.12 Å². The van der Waals surface area contributed by atoms with Crippen LogP contribution >= 0.6 is 34.5 Å². The standard InChI is InChI=1S/C10H8N2OS.C6H7BO3.C4H2Cl2N2/c1-7-11-5-4-9(12-7)10-3-2-8(6-13)14-10;8-4-5-1-2-6(3-5)7(9)10;5-3-1-2-7-4(6)8-3/h2-6H,1H3;1-2,4,9-10H,3H2;1-2H. The van der Waals surface area contributed by atoms with Crippen molar-refractivity contribution in [3.8, 4) is 10.6 Å². The molecule has 2 N–H and O–H groups in total. The first-order valence-corrected chi connectivity index (χ1v) is 10.6. The number of halogens is 2. The average Bonchev–Trinajstić information content (AvgIpc) is 3.44. The van der Waals surface area contributed by atoms with Gasteiger partial charge in [0, 0.05) is 12.4 Å². The summed E-state index contributed by atoms with van der Waals surface area (Å²) in [5.74, 6) is 0.739. The van der Waals surface area contributed by atoms with Gasteiger partial charge in [-0.25, -0.2) is 19.9 Å². The van der Waals surface area contributed by atoms with E-state index in [2.05, 4.69) is 19.9 Å². The van der Waals surface area contributed by atoms with Crippen LogP contribution in [0.5, 0.6) is 0 Å². The lowest BCUT2D eigenvalue weighted by atomic mass is 9.78. The van der Waals surface area contributed by atoms with Crippen molar-refractivity contribution in [3.63, 3.8) is 0 Å². The van der Waals surface area contributed by atoms with Crippen LogP contribution in [0.1, 0.15) is 21.9 Å². The summed E-state index contributed by atoms with van der Waals surface area (Å²) in [7, 11) is -1.42. The molecule has 0 spiro atoms. The summed E-state index contributed by atoms with van der Waals surface area (Å²) < 4.78 is 0. The van der Waals surface area contributed by atoms with Crippen molar-refractivity contribution in [3.05, 3.63) is 81.0 Å². The van der Waals surface area contributed by atoms with Crippen molar-refractivity contribution in [1.29, 1.82) is 0 Å². The summed E-state index contributed by atoms with van der Waals surface area (Å²) >= 11 is 12.2. The van der Waals surface area contributed by atoms with Gasteiger partial charge in [0.1, 0.15) is 17.3 Å². The monoisotopic (exact) mass is 490 g/mol. The van der Waals surface area contributed by atoms with Crippen LogP contribution in [0.15, 0.2) is 59.9 Å². The van der Waals surface area contributed by atoms with E-state index in [9.17, 15) is 9.59 Å². The predicted molar refractivity (Wildman–Crippen MR) is 125 cm³/mol. The van der Waals surface area contributed by atoms with E-state index in [1.807, 2.05) is 19.1 Å². The van der Waals surface area contributed by atoms with Crippen molar-refractivity contribution in [1.82, 2.24) is 19.9 Å². The Balaban J connectivity index is 0.000000178. The van der Waals surface area contributed by atoms with E-state index in [0.717, 1.165) is 27.6 Å². The van der Waals surface area contributed by atoms with E-state index in [1.54, 1.807) is 30.5 Å². The van der Waals surface area contributed by atoms with Crippen molar-refractivity contribution >= 4 is 54.2 Å². The Morgan fingerprint density at radius 1 is 1.00 bits per heavy atom. The van der Waals surface area contributed by atoms with Crippen LogP contribution in [-0.4, -0.2) is 49.7 Å². The summed E-state index contributed by atoms with van der Waals surface area (Å²) in [6.45, 7) is 1.84. The summed E-state index contributed by atoms with van der Waals surface area (Å²) in [6, 6.07) is 7.10. The third-order valence-corrected chi connectivity index (χ3v) is 5.19. The van der Waals surface area contributed by atoms with Gasteiger partial charge in [-0.2, -0.15) is 0 Å². The molecule has 3 aromatic rings. The highest BCUT2D eigenvalue weighted by Gasteiger charge is 2.18. The molecule has 0 aliphatic heterocycles. The van der Waals surface area contributed by atoms with E-state index in [4.69, 9.17) is 33.2 Å². The van der Waals surface area contributed by atoms with Crippen molar-refractivity contribution < 1.29 is 19.6 Å². The number of allylic oxidation sites excluding steroid dienone is 4. The van der Waals surface area contributed by atoms with Crippen molar-refractivity contribution in [2.75, 3.05) is 0 Å². The van der Waals surface area contributed by atoms with Crippen LogP contribution in [0.2, 0.25) is 10.4 Å². The first-order valence-electron chi connectivity index (χ1n) is 9.02.